The third-order valence-corrected chi connectivity index (χ3v) is 9.17. The van der Waals surface area contributed by atoms with Gasteiger partial charge in [-0.05, 0) is 78.3 Å². The number of Topliss-reactive ketones (excluding diaryl/α,β-unsaturated/α-hetero) is 2. The molecule has 0 unspecified atom stereocenters. The molecule has 0 aromatic rings. The molecule has 0 saturated heterocycles. The second-order valence-electron chi connectivity index (χ2n) is 14.2. The predicted octanol–water partition coefficient (Wildman–Crippen LogP) is 12.3. The third-order valence-electron chi connectivity index (χ3n) is 9.17. The zero-order chi connectivity index (χ0) is 34.3. The first-order valence-electron chi connectivity index (χ1n) is 20.0. The number of carbonyl (C=O) groups is 2. The van der Waals surface area contributed by atoms with Gasteiger partial charge in [0, 0.05) is 12.8 Å². The highest BCUT2D eigenvalue weighted by molar-refractivity contribution is 6.09. The Balaban J connectivity index is 2.25. The zero-order valence-corrected chi connectivity index (χ0v) is 31.5. The number of allylic oxidation sites excluding steroid dienone is 4. The first kappa shape index (κ1) is 43.1. The van der Waals surface area contributed by atoms with Gasteiger partial charge in [-0.3, -0.25) is 9.59 Å². The summed E-state index contributed by atoms with van der Waals surface area (Å²) < 4.78 is 11.8. The van der Waals surface area contributed by atoms with Crippen LogP contribution in [-0.4, -0.2) is 42.9 Å². The molecule has 0 N–H and O–H groups in total. The molecule has 1 heterocycles. The van der Waals surface area contributed by atoms with Crippen LogP contribution in [0.15, 0.2) is 36.3 Å². The third kappa shape index (κ3) is 22.4. The van der Waals surface area contributed by atoms with E-state index in [9.17, 15) is 9.59 Å². The average molecular weight is 658 g/mol. The number of ketones is 2. The largest absolute Gasteiger partial charge is 0.444 e. The van der Waals surface area contributed by atoms with Crippen LogP contribution in [0.4, 0.5) is 0 Å². The van der Waals surface area contributed by atoms with Gasteiger partial charge in [-0.25, -0.2) is 0 Å². The molecule has 0 atom stereocenters. The molecule has 0 spiro atoms. The maximum atomic E-state index is 13.4. The van der Waals surface area contributed by atoms with Crippen molar-refractivity contribution in [3.63, 3.8) is 0 Å². The maximum absolute atomic E-state index is 13.4. The molecule has 272 valence electrons. The summed E-state index contributed by atoms with van der Waals surface area (Å²) >= 11 is 0. The number of likely N-dealkylation sites (N-methyl/N-ethyl adjacent to an activating group) is 1. The Bertz CT molecular complexity index is 807. The summed E-state index contributed by atoms with van der Waals surface area (Å²) in [5, 5.41) is 0. The molecule has 1 aliphatic heterocycles. The molecule has 0 fully saturated rings. The number of unbranched alkanes of at least 4 members (excludes halogenated alkanes) is 22. The van der Waals surface area contributed by atoms with Crippen molar-refractivity contribution < 1.29 is 19.1 Å². The van der Waals surface area contributed by atoms with Crippen LogP contribution in [0, 0.1) is 0 Å². The lowest BCUT2D eigenvalue weighted by atomic mass is 9.96. The van der Waals surface area contributed by atoms with Crippen molar-refractivity contribution >= 4 is 11.6 Å². The van der Waals surface area contributed by atoms with E-state index in [0.29, 0.717) is 25.1 Å². The number of carbonyl (C=O) groups excluding carboxylic acids is 2. The summed E-state index contributed by atoms with van der Waals surface area (Å²) in [4.78, 5) is 28.8. The van der Waals surface area contributed by atoms with Gasteiger partial charge in [-0.2, -0.15) is 0 Å². The minimum atomic E-state index is -1.77. The van der Waals surface area contributed by atoms with E-state index >= 15 is 0 Å². The second-order valence-corrected chi connectivity index (χ2v) is 14.2. The number of nitrogens with zero attached hydrogens (tertiary/aromatic N) is 1. The van der Waals surface area contributed by atoms with E-state index in [-0.39, 0.29) is 11.6 Å². The minimum Gasteiger partial charge on any atom is -0.444 e. The fourth-order valence-corrected chi connectivity index (χ4v) is 6.21. The first-order chi connectivity index (χ1) is 23.0. The van der Waals surface area contributed by atoms with E-state index in [1.54, 1.807) is 0 Å². The molecular formula is C42H75NO4. The van der Waals surface area contributed by atoms with E-state index in [4.69, 9.17) is 9.47 Å². The van der Waals surface area contributed by atoms with Gasteiger partial charge < -0.3 is 14.4 Å². The van der Waals surface area contributed by atoms with Gasteiger partial charge in [0.15, 0.2) is 5.76 Å². The summed E-state index contributed by atoms with van der Waals surface area (Å²) in [6, 6.07) is 0. The van der Waals surface area contributed by atoms with E-state index < -0.39 is 5.79 Å². The minimum absolute atomic E-state index is 0.224. The lowest BCUT2D eigenvalue weighted by molar-refractivity contribution is -0.185. The normalized spacial score (nSPS) is 14.3. The molecule has 47 heavy (non-hydrogen) atoms. The Morgan fingerprint density at radius 1 is 0.553 bits per heavy atom. The van der Waals surface area contributed by atoms with Gasteiger partial charge in [0.1, 0.15) is 6.26 Å². The Labute approximate surface area is 291 Å². The molecule has 0 aliphatic carbocycles. The highest BCUT2D eigenvalue weighted by atomic mass is 16.7. The molecule has 0 amide bonds. The summed E-state index contributed by atoms with van der Waals surface area (Å²) in [5.41, 5.74) is 0. The number of rotatable bonds is 34. The van der Waals surface area contributed by atoms with Crippen LogP contribution in [0.1, 0.15) is 194 Å². The molecule has 1 aliphatic rings. The smallest absolute Gasteiger partial charge is 0.372 e. The highest BCUT2D eigenvalue weighted by Crippen LogP contribution is 2.32. The van der Waals surface area contributed by atoms with Crippen molar-refractivity contribution in [1.82, 2.24) is 4.90 Å². The van der Waals surface area contributed by atoms with Gasteiger partial charge in [0.25, 0.3) is 0 Å². The molecule has 0 radical (unpaired) electrons. The lowest BCUT2D eigenvalue weighted by Crippen LogP contribution is -2.48. The number of hydrogen-bond acceptors (Lipinski definition) is 5. The molecule has 0 bridgehead atoms. The lowest BCUT2D eigenvalue weighted by Gasteiger charge is -2.26. The van der Waals surface area contributed by atoms with Crippen LogP contribution < -0.4 is 0 Å². The summed E-state index contributed by atoms with van der Waals surface area (Å²) in [6.45, 7) is 5.03. The second kappa shape index (κ2) is 30.2. The maximum Gasteiger partial charge on any atom is 0.372 e. The van der Waals surface area contributed by atoms with Crippen LogP contribution in [0.25, 0.3) is 0 Å². The Kier molecular flexibility index (Phi) is 27.7. The summed E-state index contributed by atoms with van der Waals surface area (Å²) in [6.07, 6.45) is 42.9. The van der Waals surface area contributed by atoms with Crippen molar-refractivity contribution in [3.05, 3.63) is 36.3 Å². The van der Waals surface area contributed by atoms with Crippen molar-refractivity contribution in [2.45, 2.75) is 199 Å². The monoisotopic (exact) mass is 658 g/mol. The van der Waals surface area contributed by atoms with Gasteiger partial charge >= 0.3 is 5.79 Å². The molecule has 1 rings (SSSR count). The van der Waals surface area contributed by atoms with Crippen LogP contribution >= 0.6 is 0 Å². The SMILES string of the molecule is CCCCCCCC/C=C\CCCCCCCC(=O)C1(C(=O)CCCCCCC/C=C\CCCCCCCC)OC=C(CN(C)C)O1. The zero-order valence-electron chi connectivity index (χ0n) is 31.5. The Hall–Kier alpha value is -1.88. The van der Waals surface area contributed by atoms with Gasteiger partial charge in [0.05, 0.1) is 6.54 Å². The fourth-order valence-electron chi connectivity index (χ4n) is 6.21. The van der Waals surface area contributed by atoms with Crippen molar-refractivity contribution in [1.29, 1.82) is 0 Å². The molecule has 5 nitrogen and oxygen atoms in total. The molecular weight excluding hydrogens is 582 g/mol. The fraction of sp³-hybridized carbons (Fsp3) is 0.810. The standard InChI is InChI=1S/C42H75NO4/c1-5-7-9-11-13-15-17-19-21-23-25-27-29-31-33-35-40(44)42(46-38-39(47-42)37-43(3)4)41(45)36-34-32-30-28-26-24-22-20-18-16-14-12-10-8-6-2/h19-22,38H,5-18,23-37H2,1-4H3/b21-19-,22-20-. The summed E-state index contributed by atoms with van der Waals surface area (Å²) in [7, 11) is 3.87. The van der Waals surface area contributed by atoms with E-state index in [2.05, 4.69) is 38.2 Å². The molecule has 0 aromatic heterocycles. The quantitative estimate of drug-likeness (QED) is 0.0391. The molecule has 0 saturated carbocycles. The van der Waals surface area contributed by atoms with Gasteiger partial charge in [0.2, 0.25) is 11.6 Å². The Morgan fingerprint density at radius 3 is 1.26 bits per heavy atom. The van der Waals surface area contributed by atoms with Crippen LogP contribution in [0.2, 0.25) is 0 Å². The predicted molar refractivity (Wildman–Crippen MR) is 200 cm³/mol. The summed E-state index contributed by atoms with van der Waals surface area (Å²) in [5.74, 6) is -1.67. The van der Waals surface area contributed by atoms with Crippen molar-refractivity contribution in [3.8, 4) is 0 Å². The van der Waals surface area contributed by atoms with Gasteiger partial charge in [-0.1, -0.05) is 141 Å². The van der Waals surface area contributed by atoms with Gasteiger partial charge in [-0.15, -0.1) is 0 Å². The van der Waals surface area contributed by atoms with Crippen molar-refractivity contribution in [2.75, 3.05) is 20.6 Å². The van der Waals surface area contributed by atoms with E-state index in [0.717, 1.165) is 51.4 Å². The van der Waals surface area contributed by atoms with Crippen molar-refractivity contribution in [2.24, 2.45) is 0 Å². The topological polar surface area (TPSA) is 55.8 Å². The average Bonchev–Trinajstić information content (AvgIpc) is 3.49. The van der Waals surface area contributed by atoms with Crippen LogP contribution in [0.5, 0.6) is 0 Å². The van der Waals surface area contributed by atoms with E-state index in [1.807, 2.05) is 19.0 Å². The number of hydrogen-bond donors (Lipinski definition) is 0. The Morgan fingerprint density at radius 2 is 0.894 bits per heavy atom. The highest BCUT2D eigenvalue weighted by Gasteiger charge is 2.52. The number of ether oxygens (including phenoxy) is 2. The van der Waals surface area contributed by atoms with Crippen LogP contribution in [-0.2, 0) is 19.1 Å². The first-order valence-corrected chi connectivity index (χ1v) is 20.0. The van der Waals surface area contributed by atoms with Crippen LogP contribution in [0.3, 0.4) is 0 Å². The molecule has 0 aromatic carbocycles. The molecule has 5 heteroatoms. The van der Waals surface area contributed by atoms with E-state index in [1.165, 1.54) is 122 Å².